The van der Waals surface area contributed by atoms with E-state index in [1.54, 1.807) is 12.1 Å². The van der Waals surface area contributed by atoms with Crippen LogP contribution in [0.15, 0.2) is 48.5 Å². The van der Waals surface area contributed by atoms with Crippen molar-refractivity contribution in [2.45, 2.75) is 101 Å². The third-order valence-electron chi connectivity index (χ3n) is 9.52. The summed E-state index contributed by atoms with van der Waals surface area (Å²) in [7, 11) is 0. The number of aliphatic hydroxyl groups is 1. The summed E-state index contributed by atoms with van der Waals surface area (Å²) in [6.07, 6.45) is 7.78. The first-order chi connectivity index (χ1) is 20.7. The molecular weight excluding hydrogens is 547 g/mol. The number of piperazine rings is 1. The van der Waals surface area contributed by atoms with Gasteiger partial charge in [0.25, 0.3) is 0 Å². The summed E-state index contributed by atoms with van der Waals surface area (Å²) in [5.41, 5.74) is 0.826. The van der Waals surface area contributed by atoms with Gasteiger partial charge in [0.05, 0.1) is 12.0 Å². The van der Waals surface area contributed by atoms with Crippen molar-refractivity contribution in [3.05, 3.63) is 65.5 Å². The second-order valence-corrected chi connectivity index (χ2v) is 12.7. The van der Waals surface area contributed by atoms with Crippen LogP contribution >= 0.6 is 0 Å². The van der Waals surface area contributed by atoms with Gasteiger partial charge in [-0.15, -0.1) is 0 Å². The Balaban J connectivity index is 1.17. The molecule has 0 aromatic heterocycles. The minimum Gasteiger partial charge on any atom is -0.390 e. The predicted molar refractivity (Wildman–Crippen MR) is 164 cm³/mol. The van der Waals surface area contributed by atoms with Gasteiger partial charge in [-0.05, 0) is 67.5 Å². The van der Waals surface area contributed by atoms with Crippen molar-refractivity contribution in [2.75, 3.05) is 25.0 Å². The van der Waals surface area contributed by atoms with Gasteiger partial charge in [0.1, 0.15) is 17.4 Å². The Morgan fingerprint density at radius 2 is 1.63 bits per heavy atom. The highest BCUT2D eigenvalue weighted by Gasteiger charge is 2.54. The molecule has 0 bridgehead atoms. The Hall–Kier alpha value is -3.30. The van der Waals surface area contributed by atoms with Crippen LogP contribution in [0, 0.1) is 5.82 Å². The van der Waals surface area contributed by atoms with Crippen molar-refractivity contribution < 1.29 is 23.9 Å². The number of carbonyl (C=O) groups excluding carboxylic acids is 3. The molecule has 3 aliphatic rings. The molecule has 1 atom stereocenters. The van der Waals surface area contributed by atoms with Crippen molar-refractivity contribution in [3.8, 4) is 0 Å². The largest absolute Gasteiger partial charge is 0.390 e. The van der Waals surface area contributed by atoms with E-state index in [2.05, 4.69) is 22.5 Å². The number of anilines is 1. The highest BCUT2D eigenvalue weighted by molar-refractivity contribution is 6.00. The number of halogens is 1. The van der Waals surface area contributed by atoms with Gasteiger partial charge < -0.3 is 20.6 Å². The van der Waals surface area contributed by atoms with E-state index in [-0.39, 0.29) is 30.0 Å². The molecule has 1 aliphatic carbocycles. The van der Waals surface area contributed by atoms with Crippen LogP contribution in [0.25, 0.3) is 0 Å². The Kier molecular flexibility index (Phi) is 9.82. The average Bonchev–Trinajstić information content (AvgIpc) is 2.99. The van der Waals surface area contributed by atoms with Gasteiger partial charge in [-0.25, -0.2) is 4.39 Å². The molecule has 5 rings (SSSR count). The predicted octanol–water partition coefficient (Wildman–Crippen LogP) is 4.55. The van der Waals surface area contributed by atoms with Crippen LogP contribution in [-0.4, -0.2) is 69.4 Å². The van der Waals surface area contributed by atoms with Gasteiger partial charge in [0, 0.05) is 38.3 Å². The van der Waals surface area contributed by atoms with E-state index < -0.39 is 17.2 Å². The third-order valence-corrected chi connectivity index (χ3v) is 9.52. The summed E-state index contributed by atoms with van der Waals surface area (Å²) in [4.78, 5) is 44.1. The lowest BCUT2D eigenvalue weighted by Crippen LogP contribution is -2.73. The lowest BCUT2D eigenvalue weighted by Gasteiger charge is -2.52. The van der Waals surface area contributed by atoms with E-state index in [0.29, 0.717) is 64.0 Å². The van der Waals surface area contributed by atoms with E-state index in [9.17, 15) is 23.9 Å². The SMILES string of the molecule is CCCCN1C(=O)[C@@H](CC2(O)CCCCC2)NC(=O)C12CCN(Cc1ccc(NC(=O)Cc3ccc(F)cc3)cc1)CC2. The number of hydrogen-bond donors (Lipinski definition) is 3. The van der Waals surface area contributed by atoms with E-state index in [1.807, 2.05) is 29.2 Å². The number of hydrogen-bond acceptors (Lipinski definition) is 5. The zero-order chi connectivity index (χ0) is 30.5. The minimum atomic E-state index is -0.878. The highest BCUT2D eigenvalue weighted by Crippen LogP contribution is 2.37. The first kappa shape index (κ1) is 31.1. The maximum absolute atomic E-state index is 13.8. The number of piperidine rings is 1. The number of benzene rings is 2. The Morgan fingerprint density at radius 1 is 0.977 bits per heavy atom. The molecule has 3 fully saturated rings. The summed E-state index contributed by atoms with van der Waals surface area (Å²) in [5.74, 6) is -0.610. The van der Waals surface area contributed by atoms with Crippen LogP contribution in [0.5, 0.6) is 0 Å². The maximum atomic E-state index is 13.8. The first-order valence-corrected chi connectivity index (χ1v) is 15.9. The summed E-state index contributed by atoms with van der Waals surface area (Å²) >= 11 is 0. The van der Waals surface area contributed by atoms with Crippen molar-refractivity contribution in [1.29, 1.82) is 0 Å². The van der Waals surface area contributed by atoms with Gasteiger partial charge >= 0.3 is 0 Å². The molecule has 2 aliphatic heterocycles. The third kappa shape index (κ3) is 7.44. The average molecular weight is 593 g/mol. The monoisotopic (exact) mass is 592 g/mol. The summed E-state index contributed by atoms with van der Waals surface area (Å²) in [5, 5.41) is 17.1. The second kappa shape index (κ2) is 13.6. The molecule has 2 aromatic carbocycles. The fourth-order valence-corrected chi connectivity index (χ4v) is 6.97. The number of rotatable bonds is 10. The quantitative estimate of drug-likeness (QED) is 0.376. The van der Waals surface area contributed by atoms with E-state index in [4.69, 9.17) is 0 Å². The van der Waals surface area contributed by atoms with E-state index >= 15 is 0 Å². The number of unbranched alkanes of at least 4 members (excludes halogenated alkanes) is 1. The van der Waals surface area contributed by atoms with Crippen molar-refractivity contribution in [3.63, 3.8) is 0 Å². The molecule has 1 spiro atoms. The van der Waals surface area contributed by atoms with Crippen LogP contribution in [0.1, 0.15) is 82.3 Å². The fourth-order valence-electron chi connectivity index (χ4n) is 6.97. The zero-order valence-electron chi connectivity index (χ0n) is 25.2. The molecule has 2 heterocycles. The molecule has 8 nitrogen and oxygen atoms in total. The molecule has 43 heavy (non-hydrogen) atoms. The number of amides is 3. The number of nitrogens with one attached hydrogen (secondary N) is 2. The first-order valence-electron chi connectivity index (χ1n) is 15.9. The fraction of sp³-hybridized carbons (Fsp3) is 0.559. The summed E-state index contributed by atoms with van der Waals surface area (Å²) in [6, 6.07) is 13.0. The van der Waals surface area contributed by atoms with E-state index in [0.717, 1.165) is 43.2 Å². The lowest BCUT2D eigenvalue weighted by molar-refractivity contribution is -0.163. The van der Waals surface area contributed by atoms with Gasteiger partial charge in [-0.2, -0.15) is 0 Å². The summed E-state index contributed by atoms with van der Waals surface area (Å²) < 4.78 is 13.1. The molecule has 1 saturated carbocycles. The number of likely N-dealkylation sites (tertiary alicyclic amines) is 1. The maximum Gasteiger partial charge on any atom is 0.246 e. The smallest absolute Gasteiger partial charge is 0.246 e. The van der Waals surface area contributed by atoms with Crippen molar-refractivity contribution >= 4 is 23.4 Å². The Morgan fingerprint density at radius 3 is 2.28 bits per heavy atom. The summed E-state index contributed by atoms with van der Waals surface area (Å²) in [6.45, 7) is 4.74. The normalized spacial score (nSPS) is 21.9. The molecule has 0 radical (unpaired) electrons. The highest BCUT2D eigenvalue weighted by atomic mass is 19.1. The Bertz CT molecular complexity index is 1270. The van der Waals surface area contributed by atoms with Crippen LogP contribution in [-0.2, 0) is 27.3 Å². The van der Waals surface area contributed by atoms with Crippen molar-refractivity contribution in [2.24, 2.45) is 0 Å². The molecule has 232 valence electrons. The van der Waals surface area contributed by atoms with Crippen LogP contribution in [0.3, 0.4) is 0 Å². The standard InChI is InChI=1S/C34H45FN4O4/c1-2-3-19-39-31(41)29(23-33(43)15-5-4-6-16-33)37-32(42)34(39)17-20-38(21-18-34)24-26-9-13-28(14-10-26)36-30(40)22-25-7-11-27(35)12-8-25/h7-14,29,43H,2-6,15-24H2,1H3,(H,36,40)(H,37,42)/t29-/m1/s1. The molecule has 3 amide bonds. The zero-order valence-corrected chi connectivity index (χ0v) is 25.2. The van der Waals surface area contributed by atoms with Crippen molar-refractivity contribution in [1.82, 2.24) is 15.1 Å². The van der Waals surface area contributed by atoms with Crippen LogP contribution in [0.4, 0.5) is 10.1 Å². The topological polar surface area (TPSA) is 102 Å². The van der Waals surface area contributed by atoms with Crippen LogP contribution in [0.2, 0.25) is 0 Å². The molecule has 2 saturated heterocycles. The Labute approximate surface area is 254 Å². The molecule has 9 heteroatoms. The van der Waals surface area contributed by atoms with E-state index in [1.165, 1.54) is 12.1 Å². The molecule has 0 unspecified atom stereocenters. The lowest BCUT2D eigenvalue weighted by atomic mass is 9.77. The van der Waals surface area contributed by atoms with Crippen LogP contribution < -0.4 is 10.6 Å². The molecule has 3 N–H and O–H groups in total. The molecule has 2 aromatic rings. The van der Waals surface area contributed by atoms with Gasteiger partial charge in [-0.1, -0.05) is 56.9 Å². The molecular formula is C34H45FN4O4. The number of carbonyl (C=O) groups is 3. The van der Waals surface area contributed by atoms with Gasteiger partial charge in [0.15, 0.2) is 0 Å². The minimum absolute atomic E-state index is 0.0439. The number of nitrogens with zero attached hydrogens (tertiary/aromatic N) is 2. The van der Waals surface area contributed by atoms with Gasteiger partial charge in [0.2, 0.25) is 17.7 Å². The van der Waals surface area contributed by atoms with Gasteiger partial charge in [-0.3, -0.25) is 19.3 Å². The second-order valence-electron chi connectivity index (χ2n) is 12.7.